The first kappa shape index (κ1) is 17.2. The zero-order valence-electron chi connectivity index (χ0n) is 14.6. The third-order valence-corrected chi connectivity index (χ3v) is 4.40. The van der Waals surface area contributed by atoms with Crippen LogP contribution in [0, 0.1) is 17.7 Å². The molecule has 130 valence electrons. The first-order valence-corrected chi connectivity index (χ1v) is 8.40. The van der Waals surface area contributed by atoms with Gasteiger partial charge in [0.1, 0.15) is 11.9 Å². The summed E-state index contributed by atoms with van der Waals surface area (Å²) in [6.45, 7) is 3.73. The van der Waals surface area contributed by atoms with Crippen LogP contribution in [-0.4, -0.2) is 36.1 Å². The van der Waals surface area contributed by atoms with E-state index in [-0.39, 0.29) is 11.9 Å². The van der Waals surface area contributed by atoms with E-state index < -0.39 is 0 Å². The van der Waals surface area contributed by atoms with E-state index >= 15 is 0 Å². The summed E-state index contributed by atoms with van der Waals surface area (Å²) in [6, 6.07) is 6.39. The third kappa shape index (κ3) is 4.09. The Morgan fingerprint density at radius 1 is 1.28 bits per heavy atom. The predicted molar refractivity (Wildman–Crippen MR) is 97.7 cm³/mol. The fraction of sp³-hybridized carbons (Fsp3) is 0.350. The van der Waals surface area contributed by atoms with E-state index in [1.54, 1.807) is 19.2 Å². The molecule has 1 aliphatic heterocycles. The molecule has 1 aromatic heterocycles. The molecule has 4 nitrogen and oxygen atoms in total. The standard InChI is InChI=1S/C20H22FN3O/c1-3-4-15-11-16(21)13-18(20(15)22)14-5-8-23-19(12-14)25-17-6-9-24(2)10-7-17/h5,8,11-13,17H,6-7,9-10,22H2,1-2H3. The van der Waals surface area contributed by atoms with E-state index in [4.69, 9.17) is 10.5 Å². The summed E-state index contributed by atoms with van der Waals surface area (Å²) in [6.07, 6.45) is 3.77. The second-order valence-corrected chi connectivity index (χ2v) is 6.29. The van der Waals surface area contributed by atoms with Crippen LogP contribution in [0.3, 0.4) is 0 Å². The summed E-state index contributed by atoms with van der Waals surface area (Å²) in [4.78, 5) is 6.58. The molecule has 1 fully saturated rings. The normalized spacial score (nSPS) is 15.5. The molecular weight excluding hydrogens is 317 g/mol. The fourth-order valence-electron chi connectivity index (χ4n) is 3.01. The number of nitrogen functional groups attached to an aromatic ring is 1. The Bertz CT molecular complexity index is 817. The molecule has 2 heterocycles. The lowest BCUT2D eigenvalue weighted by Gasteiger charge is -2.29. The van der Waals surface area contributed by atoms with Crippen molar-refractivity contribution in [3.63, 3.8) is 0 Å². The SMILES string of the molecule is CC#Cc1cc(F)cc(-c2ccnc(OC3CCN(C)CC3)c2)c1N. The van der Waals surface area contributed by atoms with Crippen molar-refractivity contribution in [3.05, 3.63) is 41.8 Å². The Morgan fingerprint density at radius 2 is 2.04 bits per heavy atom. The first-order valence-electron chi connectivity index (χ1n) is 8.40. The minimum atomic E-state index is -0.364. The van der Waals surface area contributed by atoms with Gasteiger partial charge in [-0.15, -0.1) is 5.92 Å². The van der Waals surface area contributed by atoms with Crippen molar-refractivity contribution in [2.45, 2.75) is 25.9 Å². The van der Waals surface area contributed by atoms with Crippen LogP contribution in [0.15, 0.2) is 30.5 Å². The highest BCUT2D eigenvalue weighted by atomic mass is 19.1. The summed E-state index contributed by atoms with van der Waals surface area (Å²) in [7, 11) is 2.11. The predicted octanol–water partition coefficient (Wildman–Crippen LogP) is 3.31. The number of ether oxygens (including phenoxy) is 1. The topological polar surface area (TPSA) is 51.4 Å². The average Bonchev–Trinajstić information content (AvgIpc) is 2.60. The van der Waals surface area contributed by atoms with Gasteiger partial charge in [-0.2, -0.15) is 0 Å². The zero-order chi connectivity index (χ0) is 17.8. The lowest BCUT2D eigenvalue weighted by Crippen LogP contribution is -2.35. The summed E-state index contributed by atoms with van der Waals surface area (Å²) in [5.41, 5.74) is 8.52. The van der Waals surface area contributed by atoms with Crippen molar-refractivity contribution in [3.8, 4) is 28.8 Å². The van der Waals surface area contributed by atoms with Crippen LogP contribution in [0.5, 0.6) is 5.88 Å². The molecule has 5 heteroatoms. The molecule has 1 aliphatic rings. The van der Waals surface area contributed by atoms with Gasteiger partial charge in [-0.3, -0.25) is 0 Å². The number of likely N-dealkylation sites (tertiary alicyclic amines) is 1. The number of piperidine rings is 1. The molecule has 0 atom stereocenters. The van der Waals surface area contributed by atoms with E-state index in [0.717, 1.165) is 31.5 Å². The van der Waals surface area contributed by atoms with Crippen LogP contribution < -0.4 is 10.5 Å². The van der Waals surface area contributed by atoms with E-state index in [1.807, 2.05) is 6.07 Å². The van der Waals surface area contributed by atoms with Gasteiger partial charge < -0.3 is 15.4 Å². The molecule has 0 amide bonds. The Labute approximate surface area is 147 Å². The van der Waals surface area contributed by atoms with Gasteiger partial charge in [0.05, 0.1) is 11.3 Å². The highest BCUT2D eigenvalue weighted by Crippen LogP contribution is 2.31. The van der Waals surface area contributed by atoms with Gasteiger partial charge in [-0.25, -0.2) is 9.37 Å². The number of benzene rings is 1. The van der Waals surface area contributed by atoms with Gasteiger partial charge in [-0.1, -0.05) is 5.92 Å². The molecule has 0 spiro atoms. The van der Waals surface area contributed by atoms with Gasteiger partial charge in [0.15, 0.2) is 0 Å². The minimum absolute atomic E-state index is 0.158. The lowest BCUT2D eigenvalue weighted by molar-refractivity contribution is 0.110. The quantitative estimate of drug-likeness (QED) is 0.688. The number of aromatic nitrogens is 1. The third-order valence-electron chi connectivity index (χ3n) is 4.40. The largest absolute Gasteiger partial charge is 0.474 e. The fourth-order valence-corrected chi connectivity index (χ4v) is 3.01. The van der Waals surface area contributed by atoms with Gasteiger partial charge in [0, 0.05) is 30.9 Å². The molecule has 25 heavy (non-hydrogen) atoms. The second-order valence-electron chi connectivity index (χ2n) is 6.29. The smallest absolute Gasteiger partial charge is 0.214 e. The number of rotatable bonds is 3. The van der Waals surface area contributed by atoms with Crippen LogP contribution in [0.4, 0.5) is 10.1 Å². The first-order chi connectivity index (χ1) is 12.1. The maximum Gasteiger partial charge on any atom is 0.214 e. The molecule has 0 unspecified atom stereocenters. The maximum absolute atomic E-state index is 14.0. The van der Waals surface area contributed by atoms with Crippen LogP contribution >= 0.6 is 0 Å². The maximum atomic E-state index is 14.0. The summed E-state index contributed by atoms with van der Waals surface area (Å²) < 4.78 is 20.0. The van der Waals surface area contributed by atoms with E-state index in [1.165, 1.54) is 12.1 Å². The number of hydrogen-bond donors (Lipinski definition) is 1. The van der Waals surface area contributed by atoms with Crippen molar-refractivity contribution in [1.29, 1.82) is 0 Å². The van der Waals surface area contributed by atoms with Crippen molar-refractivity contribution < 1.29 is 9.13 Å². The number of hydrogen-bond acceptors (Lipinski definition) is 4. The molecule has 0 radical (unpaired) electrons. The second kappa shape index (κ2) is 7.54. The Morgan fingerprint density at radius 3 is 2.76 bits per heavy atom. The number of halogens is 1. The molecule has 0 aliphatic carbocycles. The van der Waals surface area contributed by atoms with E-state index in [0.29, 0.717) is 22.7 Å². The number of pyridine rings is 1. The van der Waals surface area contributed by atoms with Crippen molar-refractivity contribution in [1.82, 2.24) is 9.88 Å². The van der Waals surface area contributed by atoms with E-state index in [9.17, 15) is 4.39 Å². The average molecular weight is 339 g/mol. The molecule has 2 N–H and O–H groups in total. The van der Waals surface area contributed by atoms with Gasteiger partial charge >= 0.3 is 0 Å². The lowest BCUT2D eigenvalue weighted by atomic mass is 10.0. The number of anilines is 1. The highest BCUT2D eigenvalue weighted by Gasteiger charge is 2.19. The Balaban J connectivity index is 1.87. The molecule has 1 saturated heterocycles. The molecular formula is C20H22FN3O. The zero-order valence-corrected chi connectivity index (χ0v) is 14.6. The summed E-state index contributed by atoms with van der Waals surface area (Å²) >= 11 is 0. The number of nitrogens with two attached hydrogens (primary N) is 1. The Hall–Kier alpha value is -2.58. The highest BCUT2D eigenvalue weighted by molar-refractivity contribution is 5.81. The molecule has 0 bridgehead atoms. The minimum Gasteiger partial charge on any atom is -0.474 e. The van der Waals surface area contributed by atoms with Crippen LogP contribution in [0.1, 0.15) is 25.3 Å². The summed E-state index contributed by atoms with van der Waals surface area (Å²) in [5, 5.41) is 0. The van der Waals surface area contributed by atoms with Gasteiger partial charge in [-0.05, 0) is 50.6 Å². The van der Waals surface area contributed by atoms with Crippen molar-refractivity contribution >= 4 is 5.69 Å². The van der Waals surface area contributed by atoms with Gasteiger partial charge in [0.2, 0.25) is 5.88 Å². The summed E-state index contributed by atoms with van der Waals surface area (Å²) in [5.74, 6) is 5.78. The van der Waals surface area contributed by atoms with Crippen LogP contribution in [0.2, 0.25) is 0 Å². The van der Waals surface area contributed by atoms with Crippen molar-refractivity contribution in [2.24, 2.45) is 0 Å². The van der Waals surface area contributed by atoms with Crippen LogP contribution in [0.25, 0.3) is 11.1 Å². The molecule has 0 saturated carbocycles. The molecule has 3 rings (SSSR count). The molecule has 2 aromatic rings. The number of nitrogens with zero attached hydrogens (tertiary/aromatic N) is 2. The molecule has 1 aromatic carbocycles. The van der Waals surface area contributed by atoms with Gasteiger partial charge in [0.25, 0.3) is 0 Å². The van der Waals surface area contributed by atoms with Crippen LogP contribution in [-0.2, 0) is 0 Å². The Kier molecular flexibility index (Phi) is 5.20. The van der Waals surface area contributed by atoms with Crippen molar-refractivity contribution in [2.75, 3.05) is 25.9 Å². The van der Waals surface area contributed by atoms with E-state index in [2.05, 4.69) is 28.8 Å². The monoisotopic (exact) mass is 339 g/mol.